The summed E-state index contributed by atoms with van der Waals surface area (Å²) in [6.07, 6.45) is 5.59. The molecule has 4 bridgehead atoms. The van der Waals surface area contributed by atoms with Gasteiger partial charge in [0, 0.05) is 0 Å². The fraction of sp³-hybridized carbons (Fsp3) is 1.00. The average Bonchev–Trinajstić information content (AvgIpc) is 2.25. The molecule has 0 aromatic carbocycles. The lowest BCUT2D eigenvalue weighted by Gasteiger charge is -2.58. The summed E-state index contributed by atoms with van der Waals surface area (Å²) in [4.78, 5) is 18.4. The van der Waals surface area contributed by atoms with Crippen LogP contribution >= 0.6 is 7.82 Å². The summed E-state index contributed by atoms with van der Waals surface area (Å²) in [5.41, 5.74) is 0.271. The van der Waals surface area contributed by atoms with E-state index in [1.807, 2.05) is 0 Å². The van der Waals surface area contributed by atoms with E-state index < -0.39 is 7.82 Å². The SMILES string of the molecule is CC(C)(C)CC1C2CC3CC(C2)C(OP(=O)(O)O)C1C3. The summed E-state index contributed by atoms with van der Waals surface area (Å²) >= 11 is 0. The first-order chi connectivity index (χ1) is 9.12. The summed E-state index contributed by atoms with van der Waals surface area (Å²) in [5.74, 6) is 2.85. The number of phosphoric acid groups is 1. The Balaban J connectivity index is 1.81. The van der Waals surface area contributed by atoms with E-state index in [1.54, 1.807) is 0 Å². The van der Waals surface area contributed by atoms with Gasteiger partial charge in [0.15, 0.2) is 0 Å². The zero-order valence-electron chi connectivity index (χ0n) is 12.7. The summed E-state index contributed by atoms with van der Waals surface area (Å²) in [6, 6.07) is 0. The van der Waals surface area contributed by atoms with Gasteiger partial charge < -0.3 is 9.79 Å². The van der Waals surface area contributed by atoms with Crippen LogP contribution in [0.3, 0.4) is 0 Å². The van der Waals surface area contributed by atoms with Crippen LogP contribution in [0.1, 0.15) is 52.9 Å². The summed E-state index contributed by atoms with van der Waals surface area (Å²) in [6.45, 7) is 6.78. The Morgan fingerprint density at radius 3 is 2.35 bits per heavy atom. The molecule has 0 aliphatic heterocycles. The Kier molecular flexibility index (Phi) is 3.61. The third kappa shape index (κ3) is 2.99. The second-order valence-corrected chi connectivity index (χ2v) is 9.67. The molecule has 5 heteroatoms. The highest BCUT2D eigenvalue weighted by atomic mass is 31.2. The van der Waals surface area contributed by atoms with Crippen LogP contribution in [0.2, 0.25) is 0 Å². The molecule has 4 aliphatic rings. The third-order valence-corrected chi connectivity index (χ3v) is 6.15. The molecule has 20 heavy (non-hydrogen) atoms. The van der Waals surface area contributed by atoms with Crippen molar-refractivity contribution in [1.82, 2.24) is 0 Å². The molecule has 0 radical (unpaired) electrons. The van der Waals surface area contributed by atoms with Gasteiger partial charge in [0.25, 0.3) is 0 Å². The van der Waals surface area contributed by atoms with Crippen LogP contribution in [0.5, 0.6) is 0 Å². The highest BCUT2D eigenvalue weighted by Gasteiger charge is 2.55. The lowest BCUT2D eigenvalue weighted by molar-refractivity contribution is -0.132. The minimum absolute atomic E-state index is 0.212. The van der Waals surface area contributed by atoms with Crippen LogP contribution in [-0.2, 0) is 9.09 Å². The van der Waals surface area contributed by atoms with E-state index in [-0.39, 0.29) is 11.5 Å². The largest absolute Gasteiger partial charge is 0.469 e. The number of rotatable bonds is 3. The first-order valence-corrected chi connectivity index (χ1v) is 9.39. The van der Waals surface area contributed by atoms with Crippen LogP contribution in [-0.4, -0.2) is 15.9 Å². The van der Waals surface area contributed by atoms with Crippen molar-refractivity contribution in [2.24, 2.45) is 35.0 Å². The predicted octanol–water partition coefficient (Wildman–Crippen LogP) is 3.58. The molecule has 6 atom stereocenters. The van der Waals surface area contributed by atoms with Crippen LogP contribution in [0.15, 0.2) is 0 Å². The van der Waals surface area contributed by atoms with Gasteiger partial charge in [-0.3, -0.25) is 4.52 Å². The van der Waals surface area contributed by atoms with E-state index in [1.165, 1.54) is 6.42 Å². The Bertz CT molecular complexity index is 424. The topological polar surface area (TPSA) is 66.8 Å². The molecule has 0 spiro atoms. The van der Waals surface area contributed by atoms with Crippen molar-refractivity contribution in [1.29, 1.82) is 0 Å². The first kappa shape index (κ1) is 15.0. The molecule has 0 saturated heterocycles. The van der Waals surface area contributed by atoms with Gasteiger partial charge in [-0.05, 0) is 67.1 Å². The lowest BCUT2D eigenvalue weighted by Crippen LogP contribution is -2.54. The fourth-order valence-corrected chi connectivity index (χ4v) is 5.97. The standard InChI is InChI=1S/C15H27O4P/c1-15(2,3)8-13-10-4-9-5-11(7-10)14(12(13)6-9)19-20(16,17)18/h9-14H,4-8H2,1-3H3,(H2,16,17,18). The molecule has 4 rings (SSSR count). The quantitative estimate of drug-likeness (QED) is 0.782. The van der Waals surface area contributed by atoms with E-state index in [4.69, 9.17) is 4.52 Å². The summed E-state index contributed by atoms with van der Waals surface area (Å²) in [7, 11) is -4.37. The van der Waals surface area contributed by atoms with Crippen molar-refractivity contribution >= 4 is 7.82 Å². The van der Waals surface area contributed by atoms with Gasteiger partial charge in [-0.25, -0.2) is 4.57 Å². The maximum Gasteiger partial charge on any atom is 0.469 e. The fourth-order valence-electron chi connectivity index (χ4n) is 5.33. The van der Waals surface area contributed by atoms with Crippen LogP contribution < -0.4 is 0 Å². The molecule has 4 fully saturated rings. The smallest absolute Gasteiger partial charge is 0.303 e. The zero-order valence-corrected chi connectivity index (χ0v) is 13.6. The number of hydrogen-bond acceptors (Lipinski definition) is 2. The molecule has 0 aromatic rings. The molecule has 6 unspecified atom stereocenters. The monoisotopic (exact) mass is 302 g/mol. The normalized spacial score (nSPS) is 44.0. The third-order valence-electron chi connectivity index (χ3n) is 5.63. The Morgan fingerprint density at radius 2 is 1.75 bits per heavy atom. The maximum absolute atomic E-state index is 11.3. The van der Waals surface area contributed by atoms with Crippen molar-refractivity contribution < 1.29 is 18.9 Å². The molecular weight excluding hydrogens is 275 g/mol. The van der Waals surface area contributed by atoms with Gasteiger partial charge in [0.05, 0.1) is 6.10 Å². The number of phosphoric ester groups is 1. The second kappa shape index (κ2) is 4.81. The molecule has 116 valence electrons. The van der Waals surface area contributed by atoms with Gasteiger partial charge >= 0.3 is 7.82 Å². The molecule has 0 amide bonds. The van der Waals surface area contributed by atoms with Crippen molar-refractivity contribution in [3.05, 3.63) is 0 Å². The molecule has 4 nitrogen and oxygen atoms in total. The molecule has 0 aromatic heterocycles. The average molecular weight is 302 g/mol. The van der Waals surface area contributed by atoms with Crippen molar-refractivity contribution in [2.45, 2.75) is 59.0 Å². The number of hydrogen-bond donors (Lipinski definition) is 2. The molecular formula is C15H27O4P. The Hall–Kier alpha value is 0.110. The van der Waals surface area contributed by atoms with Crippen molar-refractivity contribution in [3.63, 3.8) is 0 Å². The van der Waals surface area contributed by atoms with Crippen LogP contribution in [0.25, 0.3) is 0 Å². The van der Waals surface area contributed by atoms with Gasteiger partial charge in [-0.2, -0.15) is 0 Å². The highest BCUT2D eigenvalue weighted by Crippen LogP contribution is 2.61. The summed E-state index contributed by atoms with van der Waals surface area (Å²) < 4.78 is 16.5. The van der Waals surface area contributed by atoms with E-state index in [9.17, 15) is 14.4 Å². The predicted molar refractivity (Wildman–Crippen MR) is 76.9 cm³/mol. The first-order valence-electron chi connectivity index (χ1n) is 7.86. The van der Waals surface area contributed by atoms with Gasteiger partial charge in [0.2, 0.25) is 0 Å². The van der Waals surface area contributed by atoms with Gasteiger partial charge in [-0.1, -0.05) is 20.8 Å². The molecule has 0 heterocycles. The lowest BCUT2D eigenvalue weighted by atomic mass is 9.49. The Morgan fingerprint density at radius 1 is 1.10 bits per heavy atom. The minimum Gasteiger partial charge on any atom is -0.303 e. The Labute approximate surface area is 121 Å². The van der Waals surface area contributed by atoms with Crippen molar-refractivity contribution in [2.75, 3.05) is 0 Å². The van der Waals surface area contributed by atoms with Gasteiger partial charge in [0.1, 0.15) is 0 Å². The van der Waals surface area contributed by atoms with Gasteiger partial charge in [-0.15, -0.1) is 0 Å². The van der Waals surface area contributed by atoms with E-state index in [0.29, 0.717) is 17.8 Å². The molecule has 4 saturated carbocycles. The van der Waals surface area contributed by atoms with Crippen LogP contribution in [0, 0.1) is 35.0 Å². The van der Waals surface area contributed by atoms with E-state index >= 15 is 0 Å². The zero-order chi connectivity index (χ0) is 14.7. The van der Waals surface area contributed by atoms with E-state index in [0.717, 1.165) is 37.5 Å². The maximum atomic E-state index is 11.3. The molecule has 4 aliphatic carbocycles. The second-order valence-electron chi connectivity index (χ2n) is 8.48. The summed E-state index contributed by atoms with van der Waals surface area (Å²) in [5, 5.41) is 0. The van der Waals surface area contributed by atoms with Crippen molar-refractivity contribution in [3.8, 4) is 0 Å². The van der Waals surface area contributed by atoms with Crippen LogP contribution in [0.4, 0.5) is 0 Å². The highest BCUT2D eigenvalue weighted by molar-refractivity contribution is 7.46. The molecule has 2 N–H and O–H groups in total. The minimum atomic E-state index is -4.37. The van der Waals surface area contributed by atoms with E-state index in [2.05, 4.69) is 20.8 Å².